The van der Waals surface area contributed by atoms with Crippen LogP contribution in [0, 0.1) is 5.82 Å². The van der Waals surface area contributed by atoms with E-state index in [4.69, 9.17) is 4.74 Å². The molecule has 0 saturated heterocycles. The molecule has 0 aliphatic heterocycles. The molecule has 2 N–H and O–H groups in total. The molecule has 19 heavy (non-hydrogen) atoms. The molecular formula is C14H21FN2O2. The number of urea groups is 1. The van der Waals surface area contributed by atoms with Crippen LogP contribution in [-0.4, -0.2) is 25.7 Å². The summed E-state index contributed by atoms with van der Waals surface area (Å²) in [6.45, 7) is 5.65. The number of hydrogen-bond acceptors (Lipinski definition) is 2. The van der Waals surface area contributed by atoms with Crippen LogP contribution in [0.4, 0.5) is 9.18 Å². The number of rotatable bonds is 5. The van der Waals surface area contributed by atoms with Crippen LogP contribution in [0.25, 0.3) is 0 Å². The normalized spacial score (nSPS) is 14.0. The maximum Gasteiger partial charge on any atom is 0.315 e. The Morgan fingerprint density at radius 3 is 2.58 bits per heavy atom. The van der Waals surface area contributed by atoms with E-state index in [2.05, 4.69) is 10.6 Å². The lowest BCUT2D eigenvalue weighted by molar-refractivity contribution is 0.00199. The van der Waals surface area contributed by atoms with Gasteiger partial charge in [0, 0.05) is 18.7 Å². The first-order chi connectivity index (χ1) is 8.89. The molecule has 0 bridgehead atoms. The molecule has 0 aliphatic carbocycles. The zero-order valence-electron chi connectivity index (χ0n) is 11.8. The third-order valence-electron chi connectivity index (χ3n) is 2.90. The monoisotopic (exact) mass is 268 g/mol. The van der Waals surface area contributed by atoms with Crippen LogP contribution in [0.5, 0.6) is 0 Å². The largest absolute Gasteiger partial charge is 0.372 e. The second-order valence-corrected chi connectivity index (χ2v) is 4.90. The minimum absolute atomic E-state index is 0.0438. The van der Waals surface area contributed by atoms with E-state index in [0.717, 1.165) is 0 Å². The van der Waals surface area contributed by atoms with Crippen LogP contribution >= 0.6 is 0 Å². The zero-order valence-corrected chi connectivity index (χ0v) is 11.8. The first kappa shape index (κ1) is 15.4. The summed E-state index contributed by atoms with van der Waals surface area (Å²) in [6, 6.07) is 6.14. The topological polar surface area (TPSA) is 50.4 Å². The van der Waals surface area contributed by atoms with Crippen molar-refractivity contribution in [1.82, 2.24) is 10.6 Å². The van der Waals surface area contributed by atoms with Gasteiger partial charge in [-0.3, -0.25) is 0 Å². The molecule has 0 aromatic heterocycles. The highest BCUT2D eigenvalue weighted by Gasteiger charge is 2.29. The van der Waals surface area contributed by atoms with Crippen molar-refractivity contribution in [3.05, 3.63) is 35.6 Å². The first-order valence-corrected chi connectivity index (χ1v) is 6.23. The Labute approximate surface area is 113 Å². The number of ether oxygens (including phenoxy) is 1. The average molecular weight is 268 g/mol. The van der Waals surface area contributed by atoms with Crippen molar-refractivity contribution >= 4 is 6.03 Å². The molecule has 4 nitrogen and oxygen atoms in total. The van der Waals surface area contributed by atoms with E-state index in [9.17, 15) is 9.18 Å². The molecule has 106 valence electrons. The fourth-order valence-electron chi connectivity index (χ4n) is 1.73. The molecule has 0 heterocycles. The maximum atomic E-state index is 13.8. The van der Waals surface area contributed by atoms with E-state index < -0.39 is 5.60 Å². The molecular weight excluding hydrogens is 247 g/mol. The number of hydrogen-bond donors (Lipinski definition) is 2. The smallest absolute Gasteiger partial charge is 0.315 e. The predicted molar refractivity (Wildman–Crippen MR) is 72.4 cm³/mol. The van der Waals surface area contributed by atoms with Gasteiger partial charge in [0.1, 0.15) is 11.4 Å². The summed E-state index contributed by atoms with van der Waals surface area (Å²) in [5.74, 6) is -0.349. The molecule has 5 heteroatoms. The molecule has 0 spiro atoms. The summed E-state index contributed by atoms with van der Waals surface area (Å²) in [5.41, 5.74) is -0.484. The number of amides is 2. The molecule has 0 unspecified atom stereocenters. The number of halogens is 1. The second-order valence-electron chi connectivity index (χ2n) is 4.90. The van der Waals surface area contributed by atoms with Crippen molar-refractivity contribution in [3.63, 3.8) is 0 Å². The van der Waals surface area contributed by atoms with E-state index in [1.165, 1.54) is 13.2 Å². The van der Waals surface area contributed by atoms with Crippen molar-refractivity contribution in [2.24, 2.45) is 0 Å². The van der Waals surface area contributed by atoms with Gasteiger partial charge in [0.05, 0.1) is 6.54 Å². The molecule has 0 saturated carbocycles. The minimum Gasteiger partial charge on any atom is -0.372 e. The summed E-state index contributed by atoms with van der Waals surface area (Å²) in [6.07, 6.45) is 0. The fourth-order valence-corrected chi connectivity index (χ4v) is 1.73. The van der Waals surface area contributed by atoms with E-state index in [-0.39, 0.29) is 24.4 Å². The van der Waals surface area contributed by atoms with Crippen LogP contribution < -0.4 is 10.6 Å². The Balaban J connectivity index is 2.76. The van der Waals surface area contributed by atoms with E-state index in [1.807, 2.05) is 13.8 Å². The molecule has 1 atom stereocenters. The van der Waals surface area contributed by atoms with Gasteiger partial charge in [-0.05, 0) is 26.8 Å². The van der Waals surface area contributed by atoms with Crippen molar-refractivity contribution in [2.45, 2.75) is 32.4 Å². The fraction of sp³-hybridized carbons (Fsp3) is 0.500. The molecule has 0 radical (unpaired) electrons. The van der Waals surface area contributed by atoms with Gasteiger partial charge in [-0.25, -0.2) is 9.18 Å². The Hall–Kier alpha value is -1.62. The summed E-state index contributed by atoms with van der Waals surface area (Å²) in [4.78, 5) is 11.6. The van der Waals surface area contributed by atoms with Gasteiger partial charge in [0.2, 0.25) is 0 Å². The summed E-state index contributed by atoms with van der Waals surface area (Å²) in [5, 5.41) is 5.40. The van der Waals surface area contributed by atoms with Crippen LogP contribution in [0.2, 0.25) is 0 Å². The van der Waals surface area contributed by atoms with E-state index in [1.54, 1.807) is 25.1 Å². The summed E-state index contributed by atoms with van der Waals surface area (Å²) in [7, 11) is 1.49. The molecule has 0 aliphatic rings. The third-order valence-corrected chi connectivity index (χ3v) is 2.90. The summed E-state index contributed by atoms with van der Waals surface area (Å²) >= 11 is 0. The quantitative estimate of drug-likeness (QED) is 0.861. The lowest BCUT2D eigenvalue weighted by atomic mass is 9.95. The number of carbonyl (C=O) groups excluding carboxylic acids is 1. The standard InChI is InChI=1S/C14H21FN2O2/c1-10(2)17-13(18)16-9-14(3,19-4)11-7-5-6-8-12(11)15/h5-8,10H,9H2,1-4H3,(H2,16,17,18)/t14-/m1/s1. The number of carbonyl (C=O) groups is 1. The SMILES string of the molecule is CO[C@](C)(CNC(=O)NC(C)C)c1ccccc1F. The highest BCUT2D eigenvalue weighted by atomic mass is 19.1. The van der Waals surface area contributed by atoms with Gasteiger partial charge in [-0.2, -0.15) is 0 Å². The first-order valence-electron chi connectivity index (χ1n) is 6.23. The third kappa shape index (κ3) is 4.21. The predicted octanol–water partition coefficient (Wildman–Crippen LogP) is 2.39. The van der Waals surface area contributed by atoms with Gasteiger partial charge in [0.25, 0.3) is 0 Å². The number of methoxy groups -OCH3 is 1. The average Bonchev–Trinajstić information content (AvgIpc) is 2.36. The molecule has 0 fully saturated rings. The van der Waals surface area contributed by atoms with Gasteiger partial charge < -0.3 is 15.4 Å². The van der Waals surface area contributed by atoms with Crippen LogP contribution in [0.1, 0.15) is 26.3 Å². The van der Waals surface area contributed by atoms with Crippen LogP contribution in [-0.2, 0) is 10.3 Å². The van der Waals surface area contributed by atoms with Crippen molar-refractivity contribution in [1.29, 1.82) is 0 Å². The zero-order chi connectivity index (χ0) is 14.5. The van der Waals surface area contributed by atoms with Gasteiger partial charge in [-0.15, -0.1) is 0 Å². The van der Waals surface area contributed by atoms with Gasteiger partial charge in [-0.1, -0.05) is 18.2 Å². The lowest BCUT2D eigenvalue weighted by Gasteiger charge is -2.29. The van der Waals surface area contributed by atoms with E-state index >= 15 is 0 Å². The second kappa shape index (κ2) is 6.52. The Morgan fingerprint density at radius 2 is 2.05 bits per heavy atom. The Morgan fingerprint density at radius 1 is 1.42 bits per heavy atom. The molecule has 1 aromatic rings. The van der Waals surface area contributed by atoms with Crippen LogP contribution in [0.3, 0.4) is 0 Å². The highest BCUT2D eigenvalue weighted by molar-refractivity contribution is 5.74. The minimum atomic E-state index is -0.903. The van der Waals surface area contributed by atoms with Crippen molar-refractivity contribution < 1.29 is 13.9 Å². The molecule has 2 amide bonds. The summed E-state index contributed by atoms with van der Waals surface area (Å²) < 4.78 is 19.2. The van der Waals surface area contributed by atoms with Crippen molar-refractivity contribution in [2.75, 3.05) is 13.7 Å². The molecule has 1 aromatic carbocycles. The van der Waals surface area contributed by atoms with Gasteiger partial charge >= 0.3 is 6.03 Å². The maximum absolute atomic E-state index is 13.8. The highest BCUT2D eigenvalue weighted by Crippen LogP contribution is 2.26. The van der Waals surface area contributed by atoms with Gasteiger partial charge in [0.15, 0.2) is 0 Å². The van der Waals surface area contributed by atoms with Crippen molar-refractivity contribution in [3.8, 4) is 0 Å². The lowest BCUT2D eigenvalue weighted by Crippen LogP contribution is -2.46. The van der Waals surface area contributed by atoms with Crippen LogP contribution in [0.15, 0.2) is 24.3 Å². The molecule has 1 rings (SSSR count). The Bertz CT molecular complexity index is 437. The Kier molecular flexibility index (Phi) is 5.30. The number of benzene rings is 1. The van der Waals surface area contributed by atoms with E-state index in [0.29, 0.717) is 5.56 Å². The number of nitrogens with one attached hydrogen (secondary N) is 2.